The fourth-order valence-electron chi connectivity index (χ4n) is 5.51. The number of fused-ring (bicyclic) bond motifs is 3. The van der Waals surface area contributed by atoms with Gasteiger partial charge in [0.15, 0.2) is 0 Å². The zero-order valence-electron chi connectivity index (χ0n) is 20.5. The lowest BCUT2D eigenvalue weighted by Gasteiger charge is -2.16. The van der Waals surface area contributed by atoms with E-state index in [-0.39, 0.29) is 0 Å². The molecule has 178 valence electrons. The highest BCUT2D eigenvalue weighted by Gasteiger charge is 2.22. The molecular weight excluding hydrogens is 452 g/mol. The van der Waals surface area contributed by atoms with E-state index in [1.165, 1.54) is 29.5 Å². The second-order valence-corrected chi connectivity index (χ2v) is 9.58. The quantitative estimate of drug-likeness (QED) is 0.261. The van der Waals surface area contributed by atoms with E-state index >= 15 is 0 Å². The smallest absolute Gasteiger partial charge is 0.146 e. The van der Waals surface area contributed by atoms with Crippen LogP contribution in [-0.4, -0.2) is 19.5 Å². The average molecular weight is 479 g/mol. The molecule has 1 aliphatic rings. The SMILES string of the molecule is c1ccc(-c2cc(-c3cccc(-n4c5c(c6cccnc64)CCCC5)n3)cc(-c3ccccc3)n2)cc1. The first-order chi connectivity index (χ1) is 18.3. The molecule has 0 saturated carbocycles. The Kier molecular flexibility index (Phi) is 5.36. The third kappa shape index (κ3) is 3.91. The first-order valence-electron chi connectivity index (χ1n) is 12.9. The molecule has 1 aliphatic carbocycles. The highest BCUT2D eigenvalue weighted by molar-refractivity contribution is 5.84. The molecule has 0 fully saturated rings. The number of benzene rings is 2. The fraction of sp³-hybridized carbons (Fsp3) is 0.121. The Morgan fingerprint density at radius 1 is 0.568 bits per heavy atom. The van der Waals surface area contributed by atoms with Gasteiger partial charge < -0.3 is 0 Å². The normalized spacial score (nSPS) is 13.0. The molecule has 0 radical (unpaired) electrons. The van der Waals surface area contributed by atoms with Gasteiger partial charge in [-0.05, 0) is 67.6 Å². The van der Waals surface area contributed by atoms with Crippen molar-refractivity contribution in [1.29, 1.82) is 0 Å². The Balaban J connectivity index is 1.41. The molecular formula is C33H26N4. The van der Waals surface area contributed by atoms with Crippen molar-refractivity contribution in [3.05, 3.63) is 121 Å². The maximum Gasteiger partial charge on any atom is 0.146 e. The molecule has 0 bridgehead atoms. The maximum absolute atomic E-state index is 5.21. The summed E-state index contributed by atoms with van der Waals surface area (Å²) in [5.41, 5.74) is 9.83. The van der Waals surface area contributed by atoms with Crippen LogP contribution in [0.5, 0.6) is 0 Å². The molecule has 6 aromatic rings. The van der Waals surface area contributed by atoms with Gasteiger partial charge >= 0.3 is 0 Å². The van der Waals surface area contributed by atoms with E-state index in [2.05, 4.69) is 89.5 Å². The highest BCUT2D eigenvalue weighted by atomic mass is 15.1. The largest absolute Gasteiger partial charge is 0.282 e. The molecule has 4 aromatic heterocycles. The van der Waals surface area contributed by atoms with Crippen molar-refractivity contribution >= 4 is 11.0 Å². The molecule has 0 amide bonds. The summed E-state index contributed by atoms with van der Waals surface area (Å²) < 4.78 is 2.28. The van der Waals surface area contributed by atoms with Crippen LogP contribution in [0.4, 0.5) is 0 Å². The number of hydrogen-bond donors (Lipinski definition) is 0. The van der Waals surface area contributed by atoms with Crippen molar-refractivity contribution < 1.29 is 0 Å². The van der Waals surface area contributed by atoms with Gasteiger partial charge in [0, 0.05) is 34.0 Å². The highest BCUT2D eigenvalue weighted by Crippen LogP contribution is 2.34. The Morgan fingerprint density at radius 3 is 2.00 bits per heavy atom. The van der Waals surface area contributed by atoms with E-state index in [9.17, 15) is 0 Å². The minimum absolute atomic E-state index is 0.920. The van der Waals surface area contributed by atoms with Crippen LogP contribution in [0.25, 0.3) is 50.6 Å². The van der Waals surface area contributed by atoms with Crippen molar-refractivity contribution in [3.8, 4) is 39.6 Å². The van der Waals surface area contributed by atoms with Gasteiger partial charge in [-0.1, -0.05) is 66.7 Å². The Labute approximate surface area is 216 Å². The van der Waals surface area contributed by atoms with Gasteiger partial charge in [-0.3, -0.25) is 4.57 Å². The van der Waals surface area contributed by atoms with Crippen LogP contribution in [0.3, 0.4) is 0 Å². The lowest BCUT2D eigenvalue weighted by molar-refractivity contribution is 0.664. The van der Waals surface area contributed by atoms with Crippen LogP contribution in [0.1, 0.15) is 24.1 Å². The zero-order chi connectivity index (χ0) is 24.6. The molecule has 2 aromatic carbocycles. The first-order valence-corrected chi connectivity index (χ1v) is 12.9. The number of aromatic nitrogens is 4. The van der Waals surface area contributed by atoms with E-state index in [0.717, 1.165) is 58.1 Å². The average Bonchev–Trinajstić information content (AvgIpc) is 3.32. The summed E-state index contributed by atoms with van der Waals surface area (Å²) in [7, 11) is 0. The molecule has 0 spiro atoms. The lowest BCUT2D eigenvalue weighted by atomic mass is 9.96. The third-order valence-electron chi connectivity index (χ3n) is 7.26. The van der Waals surface area contributed by atoms with Gasteiger partial charge in [-0.25, -0.2) is 15.0 Å². The number of rotatable bonds is 4. The fourth-order valence-corrected chi connectivity index (χ4v) is 5.51. The Hall–Kier alpha value is -4.57. The summed E-state index contributed by atoms with van der Waals surface area (Å²) in [6, 6.07) is 35.5. The van der Waals surface area contributed by atoms with Crippen molar-refractivity contribution in [1.82, 2.24) is 19.5 Å². The van der Waals surface area contributed by atoms with Crippen molar-refractivity contribution in [2.24, 2.45) is 0 Å². The molecule has 0 N–H and O–H groups in total. The van der Waals surface area contributed by atoms with Gasteiger partial charge in [-0.2, -0.15) is 0 Å². The lowest BCUT2D eigenvalue weighted by Crippen LogP contribution is -2.08. The zero-order valence-corrected chi connectivity index (χ0v) is 20.5. The summed E-state index contributed by atoms with van der Waals surface area (Å²) in [4.78, 5) is 15.0. The summed E-state index contributed by atoms with van der Waals surface area (Å²) in [6.45, 7) is 0. The van der Waals surface area contributed by atoms with E-state index in [0.29, 0.717) is 0 Å². The van der Waals surface area contributed by atoms with Crippen molar-refractivity contribution in [2.75, 3.05) is 0 Å². The first kappa shape index (κ1) is 21.7. The monoisotopic (exact) mass is 478 g/mol. The molecule has 0 aliphatic heterocycles. The molecule has 37 heavy (non-hydrogen) atoms. The number of aryl methyl sites for hydroxylation is 1. The molecule has 0 saturated heterocycles. The van der Waals surface area contributed by atoms with Crippen LogP contribution in [0, 0.1) is 0 Å². The number of nitrogens with zero attached hydrogens (tertiary/aromatic N) is 4. The molecule has 4 heteroatoms. The molecule has 4 nitrogen and oxygen atoms in total. The molecule has 0 atom stereocenters. The van der Waals surface area contributed by atoms with E-state index in [1.807, 2.05) is 24.4 Å². The second-order valence-electron chi connectivity index (χ2n) is 9.58. The van der Waals surface area contributed by atoms with Crippen LogP contribution >= 0.6 is 0 Å². The standard InChI is InChI=1S/C33H26N4/c1-3-11-23(12-4-1)29-21-25(22-30(35-29)24-13-5-2-6-14-24)28-17-9-19-32(36-28)37-31-18-8-7-15-26(31)27-16-10-20-34-33(27)37/h1-6,9-14,16-17,19-22H,7-8,15,18H2. The number of hydrogen-bond acceptors (Lipinski definition) is 3. The van der Waals surface area contributed by atoms with Gasteiger partial charge in [0.2, 0.25) is 0 Å². The molecule has 7 rings (SSSR count). The van der Waals surface area contributed by atoms with Gasteiger partial charge in [0.05, 0.1) is 17.1 Å². The van der Waals surface area contributed by atoms with Crippen LogP contribution in [-0.2, 0) is 12.8 Å². The number of pyridine rings is 3. The van der Waals surface area contributed by atoms with Gasteiger partial charge in [0.1, 0.15) is 11.5 Å². The summed E-state index contributed by atoms with van der Waals surface area (Å²) in [6.07, 6.45) is 6.48. The third-order valence-corrected chi connectivity index (χ3v) is 7.26. The molecule has 4 heterocycles. The minimum atomic E-state index is 0.920. The summed E-state index contributed by atoms with van der Waals surface area (Å²) >= 11 is 0. The van der Waals surface area contributed by atoms with Crippen molar-refractivity contribution in [3.63, 3.8) is 0 Å². The van der Waals surface area contributed by atoms with Crippen LogP contribution < -0.4 is 0 Å². The van der Waals surface area contributed by atoms with Gasteiger partial charge in [0.25, 0.3) is 0 Å². The predicted molar refractivity (Wildman–Crippen MR) is 150 cm³/mol. The van der Waals surface area contributed by atoms with E-state index < -0.39 is 0 Å². The van der Waals surface area contributed by atoms with Crippen LogP contribution in [0.2, 0.25) is 0 Å². The summed E-state index contributed by atoms with van der Waals surface area (Å²) in [5, 5.41) is 1.26. The Bertz CT molecular complexity index is 1660. The summed E-state index contributed by atoms with van der Waals surface area (Å²) in [5.74, 6) is 0.920. The maximum atomic E-state index is 5.21. The molecule has 0 unspecified atom stereocenters. The topological polar surface area (TPSA) is 43.6 Å². The van der Waals surface area contributed by atoms with E-state index in [1.54, 1.807) is 0 Å². The van der Waals surface area contributed by atoms with Crippen molar-refractivity contribution in [2.45, 2.75) is 25.7 Å². The van der Waals surface area contributed by atoms with Crippen LogP contribution in [0.15, 0.2) is 109 Å². The van der Waals surface area contributed by atoms with Gasteiger partial charge in [-0.15, -0.1) is 0 Å². The Morgan fingerprint density at radius 2 is 1.27 bits per heavy atom. The second kappa shape index (κ2) is 9.14. The minimum Gasteiger partial charge on any atom is -0.282 e. The van der Waals surface area contributed by atoms with E-state index in [4.69, 9.17) is 15.0 Å². The predicted octanol–water partition coefficient (Wildman–Crippen LogP) is 7.70.